The lowest BCUT2D eigenvalue weighted by Crippen LogP contribution is -2.47. The van der Waals surface area contributed by atoms with E-state index in [2.05, 4.69) is 26.1 Å². The normalized spacial score (nSPS) is 36.0. The minimum Gasteiger partial charge on any atom is -0.389 e. The van der Waals surface area contributed by atoms with E-state index in [1.54, 1.807) is 0 Å². The van der Waals surface area contributed by atoms with Crippen molar-refractivity contribution >= 4 is 0 Å². The summed E-state index contributed by atoms with van der Waals surface area (Å²) in [6.45, 7) is 7.92. The van der Waals surface area contributed by atoms with Crippen molar-refractivity contribution in [2.75, 3.05) is 6.54 Å². The zero-order valence-electron chi connectivity index (χ0n) is 11.8. The highest BCUT2D eigenvalue weighted by Gasteiger charge is 2.35. The molecule has 0 aliphatic heterocycles. The zero-order chi connectivity index (χ0) is 12.5. The minimum absolute atomic E-state index is 0.396. The van der Waals surface area contributed by atoms with Gasteiger partial charge in [0.2, 0.25) is 0 Å². The molecule has 2 N–H and O–H groups in total. The average molecular weight is 239 g/mol. The van der Waals surface area contributed by atoms with Gasteiger partial charge in [0, 0.05) is 12.6 Å². The molecular formula is C15H29NO. The fourth-order valence-corrected chi connectivity index (χ4v) is 3.78. The molecule has 0 aromatic heterocycles. The number of hydrogen-bond donors (Lipinski definition) is 2. The van der Waals surface area contributed by atoms with E-state index in [-0.39, 0.29) is 0 Å². The van der Waals surface area contributed by atoms with E-state index in [0.717, 1.165) is 25.3 Å². The molecule has 0 aromatic carbocycles. The standard InChI is InChI=1S/C15H29NO/c1-12-10-14(2,3)9-6-13(12)16-11-15(17)7-4-5-8-15/h12-13,16-17H,4-11H2,1-3H3. The average Bonchev–Trinajstić information content (AvgIpc) is 2.63. The molecule has 0 bridgehead atoms. The summed E-state index contributed by atoms with van der Waals surface area (Å²) >= 11 is 0. The van der Waals surface area contributed by atoms with Crippen molar-refractivity contribution in [2.24, 2.45) is 11.3 Å². The van der Waals surface area contributed by atoms with Crippen molar-refractivity contribution in [2.45, 2.75) is 77.4 Å². The molecule has 2 fully saturated rings. The summed E-state index contributed by atoms with van der Waals surface area (Å²) in [7, 11) is 0. The number of aliphatic hydroxyl groups is 1. The Labute approximate surface area is 106 Å². The Balaban J connectivity index is 1.80. The van der Waals surface area contributed by atoms with Crippen LogP contribution in [0.3, 0.4) is 0 Å². The van der Waals surface area contributed by atoms with Crippen molar-refractivity contribution in [1.82, 2.24) is 5.32 Å². The van der Waals surface area contributed by atoms with Gasteiger partial charge in [-0.1, -0.05) is 33.6 Å². The van der Waals surface area contributed by atoms with Crippen LogP contribution in [0.4, 0.5) is 0 Å². The lowest BCUT2D eigenvalue weighted by Gasteiger charge is -2.40. The predicted octanol–water partition coefficient (Wildman–Crippen LogP) is 3.10. The molecule has 2 nitrogen and oxygen atoms in total. The van der Waals surface area contributed by atoms with E-state index in [9.17, 15) is 5.11 Å². The number of nitrogens with one attached hydrogen (secondary N) is 1. The molecule has 0 radical (unpaired) electrons. The molecular weight excluding hydrogens is 210 g/mol. The lowest BCUT2D eigenvalue weighted by atomic mass is 9.70. The summed E-state index contributed by atoms with van der Waals surface area (Å²) in [5.74, 6) is 0.740. The molecule has 2 atom stereocenters. The Kier molecular flexibility index (Phi) is 3.84. The third-order valence-corrected chi connectivity index (χ3v) is 4.92. The summed E-state index contributed by atoms with van der Waals surface area (Å²) in [6, 6.07) is 0.618. The summed E-state index contributed by atoms with van der Waals surface area (Å²) in [6.07, 6.45) is 8.27. The second-order valence-electron chi connectivity index (χ2n) is 7.30. The van der Waals surface area contributed by atoms with Gasteiger partial charge in [0.05, 0.1) is 5.60 Å². The number of rotatable bonds is 3. The van der Waals surface area contributed by atoms with Gasteiger partial charge in [0.1, 0.15) is 0 Å². The van der Waals surface area contributed by atoms with Crippen molar-refractivity contribution in [3.63, 3.8) is 0 Å². The monoisotopic (exact) mass is 239 g/mol. The first-order chi connectivity index (χ1) is 7.90. The first-order valence-electron chi connectivity index (χ1n) is 7.36. The molecule has 0 heterocycles. The van der Waals surface area contributed by atoms with E-state index in [0.29, 0.717) is 11.5 Å². The van der Waals surface area contributed by atoms with Crippen molar-refractivity contribution in [3.8, 4) is 0 Å². The maximum atomic E-state index is 10.3. The van der Waals surface area contributed by atoms with Crippen molar-refractivity contribution in [1.29, 1.82) is 0 Å². The maximum Gasteiger partial charge on any atom is 0.0771 e. The largest absolute Gasteiger partial charge is 0.389 e. The molecule has 2 aliphatic rings. The molecule has 2 unspecified atom stereocenters. The van der Waals surface area contributed by atoms with Crippen LogP contribution in [0.25, 0.3) is 0 Å². The topological polar surface area (TPSA) is 32.3 Å². The Morgan fingerprint density at radius 3 is 2.41 bits per heavy atom. The van der Waals surface area contributed by atoms with E-state index in [4.69, 9.17) is 0 Å². The first-order valence-corrected chi connectivity index (χ1v) is 7.36. The predicted molar refractivity (Wildman–Crippen MR) is 72.0 cm³/mol. The van der Waals surface area contributed by atoms with E-state index >= 15 is 0 Å². The quantitative estimate of drug-likeness (QED) is 0.793. The summed E-state index contributed by atoms with van der Waals surface area (Å²) in [5.41, 5.74) is 0.120. The molecule has 2 saturated carbocycles. The molecule has 0 amide bonds. The molecule has 2 aliphatic carbocycles. The van der Waals surface area contributed by atoms with Crippen LogP contribution in [0.15, 0.2) is 0 Å². The molecule has 2 heteroatoms. The van der Waals surface area contributed by atoms with Gasteiger partial charge in [-0.15, -0.1) is 0 Å². The van der Waals surface area contributed by atoms with Crippen LogP contribution in [-0.2, 0) is 0 Å². The van der Waals surface area contributed by atoms with Gasteiger partial charge in [0.15, 0.2) is 0 Å². The van der Waals surface area contributed by atoms with E-state index < -0.39 is 5.60 Å². The molecule has 0 saturated heterocycles. The molecule has 0 aromatic rings. The number of hydrogen-bond acceptors (Lipinski definition) is 2. The third kappa shape index (κ3) is 3.45. The smallest absolute Gasteiger partial charge is 0.0771 e. The summed E-state index contributed by atoms with van der Waals surface area (Å²) in [4.78, 5) is 0. The van der Waals surface area contributed by atoms with Crippen LogP contribution >= 0.6 is 0 Å². The Morgan fingerprint density at radius 1 is 1.18 bits per heavy atom. The highest BCUT2D eigenvalue weighted by atomic mass is 16.3. The van der Waals surface area contributed by atoms with Gasteiger partial charge < -0.3 is 10.4 Å². The van der Waals surface area contributed by atoms with Crippen molar-refractivity contribution < 1.29 is 5.11 Å². The van der Waals surface area contributed by atoms with Crippen LogP contribution in [0.5, 0.6) is 0 Å². The molecule has 17 heavy (non-hydrogen) atoms. The van der Waals surface area contributed by atoms with E-state index in [1.165, 1.54) is 32.1 Å². The Bertz CT molecular complexity index is 256. The fraction of sp³-hybridized carbons (Fsp3) is 1.00. The van der Waals surface area contributed by atoms with Crippen LogP contribution in [0.2, 0.25) is 0 Å². The maximum absolute atomic E-state index is 10.3. The minimum atomic E-state index is -0.396. The van der Waals surface area contributed by atoms with Gasteiger partial charge in [0.25, 0.3) is 0 Å². The third-order valence-electron chi connectivity index (χ3n) is 4.92. The van der Waals surface area contributed by atoms with Gasteiger partial charge >= 0.3 is 0 Å². The molecule has 2 rings (SSSR count). The molecule has 0 spiro atoms. The van der Waals surface area contributed by atoms with Gasteiger partial charge in [-0.3, -0.25) is 0 Å². The highest BCUT2D eigenvalue weighted by molar-refractivity contribution is 4.91. The van der Waals surface area contributed by atoms with Crippen molar-refractivity contribution in [3.05, 3.63) is 0 Å². The lowest BCUT2D eigenvalue weighted by molar-refractivity contribution is 0.0368. The van der Waals surface area contributed by atoms with Crippen LogP contribution in [0, 0.1) is 11.3 Å². The SMILES string of the molecule is CC1CC(C)(C)CCC1NCC1(O)CCCC1. The summed E-state index contributed by atoms with van der Waals surface area (Å²) < 4.78 is 0. The Hall–Kier alpha value is -0.0800. The zero-order valence-corrected chi connectivity index (χ0v) is 11.8. The van der Waals surface area contributed by atoms with Crippen LogP contribution in [-0.4, -0.2) is 23.3 Å². The highest BCUT2D eigenvalue weighted by Crippen LogP contribution is 2.38. The second kappa shape index (κ2) is 4.89. The van der Waals surface area contributed by atoms with Gasteiger partial charge in [-0.2, -0.15) is 0 Å². The van der Waals surface area contributed by atoms with Crippen LogP contribution < -0.4 is 5.32 Å². The van der Waals surface area contributed by atoms with Gasteiger partial charge in [-0.05, 0) is 43.4 Å². The van der Waals surface area contributed by atoms with Gasteiger partial charge in [-0.25, -0.2) is 0 Å². The summed E-state index contributed by atoms with van der Waals surface area (Å²) in [5, 5.41) is 14.0. The van der Waals surface area contributed by atoms with Crippen LogP contribution in [0.1, 0.15) is 65.7 Å². The van der Waals surface area contributed by atoms with E-state index in [1.807, 2.05) is 0 Å². The second-order valence-corrected chi connectivity index (χ2v) is 7.30. The molecule has 100 valence electrons. The Morgan fingerprint density at radius 2 is 1.82 bits per heavy atom. The first kappa shape index (κ1) is 13.4. The fourth-order valence-electron chi connectivity index (χ4n) is 3.78.